The van der Waals surface area contributed by atoms with Crippen LogP contribution in [0.4, 0.5) is 4.79 Å². The molecule has 5 atom stereocenters. The van der Waals surface area contributed by atoms with E-state index in [1.54, 1.807) is 7.11 Å². The topological polar surface area (TPSA) is 50.8 Å². The first kappa shape index (κ1) is 13.2. The average Bonchev–Trinajstić information content (AvgIpc) is 2.41. The number of amides is 1. The molecule has 0 radical (unpaired) electrons. The van der Waals surface area contributed by atoms with Crippen molar-refractivity contribution in [1.82, 2.24) is 10.2 Å². The Morgan fingerprint density at radius 2 is 1.95 bits per heavy atom. The van der Waals surface area contributed by atoms with E-state index < -0.39 is 5.60 Å². The van der Waals surface area contributed by atoms with Crippen molar-refractivity contribution in [2.45, 2.75) is 63.4 Å². The molecule has 3 aliphatic heterocycles. The molecule has 3 fully saturated rings. The largest absolute Gasteiger partial charge is 0.444 e. The molecule has 3 aliphatic rings. The second kappa shape index (κ2) is 4.35. The standard InChI is InChI=1S/C14H24N2O3/c1-14(2,3)19-13(17)16-9-5-8-6-10(16)12(18-4)11(9)15-7-8/h8-12,15H,5-7H2,1-4H3/t8?,9-,10+,11?,12+/m1/s1. The van der Waals surface area contributed by atoms with Crippen molar-refractivity contribution in [3.8, 4) is 0 Å². The molecule has 3 saturated heterocycles. The van der Waals surface area contributed by atoms with Crippen LogP contribution < -0.4 is 5.32 Å². The fourth-order valence-electron chi connectivity index (χ4n) is 3.93. The second-order valence-electron chi connectivity index (χ2n) is 6.99. The van der Waals surface area contributed by atoms with Crippen molar-refractivity contribution < 1.29 is 14.3 Å². The zero-order valence-electron chi connectivity index (χ0n) is 12.2. The first-order chi connectivity index (χ1) is 8.90. The van der Waals surface area contributed by atoms with E-state index in [4.69, 9.17) is 9.47 Å². The number of carbonyl (C=O) groups excluding carboxylic acids is 1. The number of nitrogens with one attached hydrogen (secondary N) is 1. The van der Waals surface area contributed by atoms with Crippen molar-refractivity contribution in [2.75, 3.05) is 13.7 Å². The summed E-state index contributed by atoms with van der Waals surface area (Å²) in [5, 5.41) is 3.55. The molecule has 0 aliphatic carbocycles. The predicted molar refractivity (Wildman–Crippen MR) is 71.0 cm³/mol. The molecule has 2 unspecified atom stereocenters. The van der Waals surface area contributed by atoms with Crippen LogP contribution in [0.15, 0.2) is 0 Å². The molecule has 0 spiro atoms. The van der Waals surface area contributed by atoms with Gasteiger partial charge in [0.2, 0.25) is 0 Å². The molecule has 0 aromatic heterocycles. The Morgan fingerprint density at radius 3 is 2.58 bits per heavy atom. The van der Waals surface area contributed by atoms with Gasteiger partial charge in [-0.1, -0.05) is 0 Å². The molecular formula is C14H24N2O3. The Hall–Kier alpha value is -0.810. The highest BCUT2D eigenvalue weighted by molar-refractivity contribution is 5.70. The number of hydrogen-bond acceptors (Lipinski definition) is 4. The Bertz CT molecular complexity index is 379. The Balaban J connectivity index is 1.82. The van der Waals surface area contributed by atoms with Crippen LogP contribution in [0, 0.1) is 5.92 Å². The zero-order chi connectivity index (χ0) is 13.8. The van der Waals surface area contributed by atoms with Gasteiger partial charge >= 0.3 is 6.09 Å². The van der Waals surface area contributed by atoms with E-state index in [1.807, 2.05) is 25.7 Å². The van der Waals surface area contributed by atoms with Crippen LogP contribution in [0.5, 0.6) is 0 Å². The normalized spacial score (nSPS) is 40.6. The molecular weight excluding hydrogens is 244 g/mol. The summed E-state index contributed by atoms with van der Waals surface area (Å²) in [7, 11) is 1.74. The third-order valence-corrected chi connectivity index (χ3v) is 4.53. The number of carbonyl (C=O) groups is 1. The summed E-state index contributed by atoms with van der Waals surface area (Å²) < 4.78 is 11.2. The molecule has 0 saturated carbocycles. The van der Waals surface area contributed by atoms with Gasteiger partial charge in [0.1, 0.15) is 5.60 Å². The van der Waals surface area contributed by atoms with Crippen LogP contribution in [0.25, 0.3) is 0 Å². The number of methoxy groups -OCH3 is 1. The maximum Gasteiger partial charge on any atom is 0.410 e. The Kier molecular flexibility index (Phi) is 3.02. The minimum Gasteiger partial charge on any atom is -0.444 e. The van der Waals surface area contributed by atoms with Gasteiger partial charge < -0.3 is 14.8 Å². The number of fused-ring (bicyclic) bond motifs is 2. The number of piperidine rings is 2. The van der Waals surface area contributed by atoms with Crippen LogP contribution in [-0.2, 0) is 9.47 Å². The molecule has 19 heavy (non-hydrogen) atoms. The quantitative estimate of drug-likeness (QED) is 0.780. The minimum absolute atomic E-state index is 0.102. The lowest BCUT2D eigenvalue weighted by Gasteiger charge is -2.42. The van der Waals surface area contributed by atoms with Gasteiger partial charge in [0, 0.05) is 7.11 Å². The molecule has 0 aromatic rings. The van der Waals surface area contributed by atoms with Gasteiger partial charge in [0.25, 0.3) is 0 Å². The lowest BCUT2D eigenvalue weighted by Crippen LogP contribution is -2.56. The summed E-state index contributed by atoms with van der Waals surface area (Å²) in [6.07, 6.45) is 2.02. The monoisotopic (exact) mass is 268 g/mol. The smallest absolute Gasteiger partial charge is 0.410 e. The molecule has 5 nitrogen and oxygen atoms in total. The Labute approximate surface area is 114 Å². The van der Waals surface area contributed by atoms with Crippen LogP contribution in [-0.4, -0.2) is 54.5 Å². The van der Waals surface area contributed by atoms with Gasteiger partial charge in [0.15, 0.2) is 0 Å². The molecule has 5 heteroatoms. The molecule has 3 bridgehead atoms. The highest BCUT2D eigenvalue weighted by atomic mass is 16.6. The first-order valence-electron chi connectivity index (χ1n) is 7.18. The van der Waals surface area contributed by atoms with E-state index in [-0.39, 0.29) is 30.3 Å². The molecule has 1 N–H and O–H groups in total. The number of hydrogen-bond donors (Lipinski definition) is 1. The highest BCUT2D eigenvalue weighted by Gasteiger charge is 2.58. The number of nitrogens with zero attached hydrogens (tertiary/aromatic N) is 1. The summed E-state index contributed by atoms with van der Waals surface area (Å²) in [6.45, 7) is 6.79. The summed E-state index contributed by atoms with van der Waals surface area (Å²) in [4.78, 5) is 14.4. The lowest BCUT2D eigenvalue weighted by atomic mass is 9.88. The second-order valence-corrected chi connectivity index (χ2v) is 6.99. The maximum atomic E-state index is 12.4. The van der Waals surface area contributed by atoms with Gasteiger partial charge in [-0.25, -0.2) is 4.79 Å². The van der Waals surface area contributed by atoms with Crippen molar-refractivity contribution in [3.63, 3.8) is 0 Å². The van der Waals surface area contributed by atoms with E-state index >= 15 is 0 Å². The Morgan fingerprint density at radius 1 is 1.26 bits per heavy atom. The van der Waals surface area contributed by atoms with Crippen LogP contribution in [0.1, 0.15) is 33.6 Å². The van der Waals surface area contributed by atoms with Gasteiger partial charge in [-0.3, -0.25) is 4.90 Å². The molecule has 3 rings (SSSR count). The van der Waals surface area contributed by atoms with Gasteiger partial charge in [-0.05, 0) is 46.1 Å². The third-order valence-electron chi connectivity index (χ3n) is 4.53. The van der Waals surface area contributed by atoms with Gasteiger partial charge in [-0.2, -0.15) is 0 Å². The van der Waals surface area contributed by atoms with Gasteiger partial charge in [-0.15, -0.1) is 0 Å². The van der Waals surface area contributed by atoms with E-state index in [1.165, 1.54) is 0 Å². The predicted octanol–water partition coefficient (Wildman–Crippen LogP) is 1.37. The van der Waals surface area contributed by atoms with Crippen molar-refractivity contribution >= 4 is 6.09 Å². The highest BCUT2D eigenvalue weighted by Crippen LogP contribution is 2.43. The summed E-state index contributed by atoms with van der Waals surface area (Å²) in [6, 6.07) is 0.669. The van der Waals surface area contributed by atoms with Crippen LogP contribution in [0.3, 0.4) is 0 Å². The molecule has 0 aromatic carbocycles. The first-order valence-corrected chi connectivity index (χ1v) is 7.18. The summed E-state index contributed by atoms with van der Waals surface area (Å²) in [5.74, 6) is 0.671. The van der Waals surface area contributed by atoms with E-state index in [0.717, 1.165) is 19.4 Å². The number of rotatable bonds is 1. The van der Waals surface area contributed by atoms with Crippen LogP contribution >= 0.6 is 0 Å². The number of ether oxygens (including phenoxy) is 2. The third kappa shape index (κ3) is 2.13. The van der Waals surface area contributed by atoms with E-state index in [2.05, 4.69) is 5.32 Å². The van der Waals surface area contributed by atoms with Crippen LogP contribution in [0.2, 0.25) is 0 Å². The zero-order valence-corrected chi connectivity index (χ0v) is 12.2. The fourth-order valence-corrected chi connectivity index (χ4v) is 3.93. The molecule has 3 heterocycles. The minimum atomic E-state index is -0.441. The van der Waals surface area contributed by atoms with E-state index in [9.17, 15) is 4.79 Å². The molecule has 1 amide bonds. The average molecular weight is 268 g/mol. The van der Waals surface area contributed by atoms with Crippen molar-refractivity contribution in [3.05, 3.63) is 0 Å². The van der Waals surface area contributed by atoms with Crippen molar-refractivity contribution in [1.29, 1.82) is 0 Å². The van der Waals surface area contributed by atoms with Gasteiger partial charge in [0.05, 0.1) is 24.2 Å². The maximum absolute atomic E-state index is 12.4. The summed E-state index contributed by atoms with van der Waals surface area (Å²) in [5.41, 5.74) is -0.441. The SMILES string of the molecule is CO[C@@H]1C2NCC3C[C@H]2N(C(=O)OC(C)(C)C)[C@H]1C3. The summed E-state index contributed by atoms with van der Waals surface area (Å²) >= 11 is 0. The van der Waals surface area contributed by atoms with E-state index in [0.29, 0.717) is 5.92 Å². The van der Waals surface area contributed by atoms with Crippen molar-refractivity contribution in [2.24, 2.45) is 5.92 Å². The fraction of sp³-hybridized carbons (Fsp3) is 0.929. The lowest BCUT2D eigenvalue weighted by molar-refractivity contribution is -0.0105. The molecule has 108 valence electrons.